The first kappa shape index (κ1) is 15.3. The number of fused-ring (bicyclic) bond motifs is 1. The average Bonchev–Trinajstić information content (AvgIpc) is 2.83. The Labute approximate surface area is 135 Å². The molecule has 2 heterocycles. The highest BCUT2D eigenvalue weighted by atomic mass is 35.5. The van der Waals surface area contributed by atoms with E-state index in [1.165, 1.54) is 0 Å². The van der Waals surface area contributed by atoms with E-state index in [1.54, 1.807) is 17.2 Å². The molecule has 8 heteroatoms. The summed E-state index contributed by atoms with van der Waals surface area (Å²) in [7, 11) is -1.16. The van der Waals surface area contributed by atoms with Crippen molar-refractivity contribution in [3.8, 4) is 11.5 Å². The van der Waals surface area contributed by atoms with Crippen LogP contribution in [0.15, 0.2) is 23.6 Å². The van der Waals surface area contributed by atoms with Gasteiger partial charge in [0.1, 0.15) is 6.33 Å². The second-order valence-electron chi connectivity index (χ2n) is 4.97. The Kier molecular flexibility index (Phi) is 4.63. The van der Waals surface area contributed by atoms with E-state index in [0.717, 1.165) is 12.0 Å². The number of aromatic nitrogens is 3. The third kappa shape index (κ3) is 3.25. The molecule has 0 unspecified atom stereocenters. The summed E-state index contributed by atoms with van der Waals surface area (Å²) in [6.45, 7) is 1.85. The van der Waals surface area contributed by atoms with E-state index in [-0.39, 0.29) is 0 Å². The quantitative estimate of drug-likeness (QED) is 0.851. The topological polar surface area (TPSA) is 66.2 Å². The Balaban J connectivity index is 1.78. The minimum atomic E-state index is -1.16. The molecular formula is C14H16ClN3O3S. The van der Waals surface area contributed by atoms with E-state index >= 15 is 0 Å². The van der Waals surface area contributed by atoms with E-state index in [0.29, 0.717) is 47.9 Å². The summed E-state index contributed by atoms with van der Waals surface area (Å²) in [6, 6.07) is 3.82. The van der Waals surface area contributed by atoms with Gasteiger partial charge in [0.05, 0.1) is 29.0 Å². The highest BCUT2D eigenvalue weighted by Gasteiger charge is 2.16. The van der Waals surface area contributed by atoms with Gasteiger partial charge in [-0.1, -0.05) is 11.6 Å². The second-order valence-corrected chi connectivity index (χ2v) is 6.65. The summed E-state index contributed by atoms with van der Waals surface area (Å²) in [6.07, 6.45) is 4.72. The zero-order valence-electron chi connectivity index (χ0n) is 12.1. The third-order valence-corrected chi connectivity index (χ3v) is 4.45. The molecule has 0 amide bonds. The average molecular weight is 342 g/mol. The van der Waals surface area contributed by atoms with E-state index in [9.17, 15) is 4.21 Å². The zero-order chi connectivity index (χ0) is 15.5. The van der Waals surface area contributed by atoms with Crippen LogP contribution in [0.1, 0.15) is 12.0 Å². The zero-order valence-corrected chi connectivity index (χ0v) is 13.7. The largest absolute Gasteiger partial charge is 0.489 e. The van der Waals surface area contributed by atoms with E-state index in [1.807, 2.05) is 12.1 Å². The molecule has 0 aliphatic carbocycles. The van der Waals surface area contributed by atoms with Gasteiger partial charge in [-0.05, 0) is 24.1 Å². The Morgan fingerprint density at radius 2 is 2.18 bits per heavy atom. The Morgan fingerprint density at radius 3 is 3.00 bits per heavy atom. The normalized spacial score (nSPS) is 15.4. The molecule has 2 aromatic rings. The summed E-state index contributed by atoms with van der Waals surface area (Å²) < 4.78 is 24.6. The smallest absolute Gasteiger partial charge is 0.221 e. The lowest BCUT2D eigenvalue weighted by Crippen LogP contribution is -2.06. The second kappa shape index (κ2) is 6.66. The van der Waals surface area contributed by atoms with Crippen molar-refractivity contribution in [2.75, 3.05) is 19.5 Å². The molecule has 1 atom stereocenters. The van der Waals surface area contributed by atoms with Gasteiger partial charge in [0, 0.05) is 19.2 Å². The molecule has 0 spiro atoms. The minimum absolute atomic E-state index is 0.473. The first-order valence-electron chi connectivity index (χ1n) is 6.94. The van der Waals surface area contributed by atoms with Crippen molar-refractivity contribution in [3.63, 3.8) is 0 Å². The number of aryl methyl sites for hydroxylation is 2. The number of ether oxygens (including phenoxy) is 2. The molecular weight excluding hydrogens is 326 g/mol. The number of halogens is 1. The lowest BCUT2D eigenvalue weighted by molar-refractivity contribution is 0.297. The maximum Gasteiger partial charge on any atom is 0.221 e. The predicted octanol–water partition coefficient (Wildman–Crippen LogP) is 2.07. The lowest BCUT2D eigenvalue weighted by atomic mass is 10.1. The summed E-state index contributed by atoms with van der Waals surface area (Å²) in [5, 5.41) is 8.70. The molecule has 3 rings (SSSR count). The summed E-state index contributed by atoms with van der Waals surface area (Å²) >= 11 is 6.28. The SMILES string of the molecule is C[S@](=O)c1nncn1CCc1cc(Cl)c2c(c1)OCCCO2. The number of benzene rings is 1. The summed E-state index contributed by atoms with van der Waals surface area (Å²) in [5.41, 5.74) is 1.02. The number of hydrogen-bond acceptors (Lipinski definition) is 5. The van der Waals surface area contributed by atoms with Gasteiger partial charge in [0.15, 0.2) is 11.5 Å². The van der Waals surface area contributed by atoms with Crippen molar-refractivity contribution < 1.29 is 13.7 Å². The van der Waals surface area contributed by atoms with Gasteiger partial charge in [-0.3, -0.25) is 4.21 Å². The molecule has 0 N–H and O–H groups in total. The molecule has 0 saturated carbocycles. The molecule has 1 aliphatic heterocycles. The maximum atomic E-state index is 11.6. The van der Waals surface area contributed by atoms with Gasteiger partial charge in [0.25, 0.3) is 0 Å². The Hall–Kier alpha value is -1.60. The minimum Gasteiger partial charge on any atom is -0.489 e. The van der Waals surface area contributed by atoms with Gasteiger partial charge < -0.3 is 14.0 Å². The van der Waals surface area contributed by atoms with Gasteiger partial charge in [0.2, 0.25) is 5.16 Å². The van der Waals surface area contributed by atoms with Crippen molar-refractivity contribution in [2.24, 2.45) is 0 Å². The van der Waals surface area contributed by atoms with Crippen molar-refractivity contribution >= 4 is 22.4 Å². The highest BCUT2D eigenvalue weighted by molar-refractivity contribution is 7.84. The highest BCUT2D eigenvalue weighted by Crippen LogP contribution is 2.38. The number of rotatable bonds is 4. The fourth-order valence-electron chi connectivity index (χ4n) is 2.30. The van der Waals surface area contributed by atoms with Crippen molar-refractivity contribution in [1.82, 2.24) is 14.8 Å². The van der Waals surface area contributed by atoms with Gasteiger partial charge in [-0.25, -0.2) is 0 Å². The Bertz CT molecular complexity index is 705. The molecule has 0 radical (unpaired) electrons. The predicted molar refractivity (Wildman–Crippen MR) is 83.1 cm³/mol. The third-order valence-electron chi connectivity index (χ3n) is 3.34. The van der Waals surface area contributed by atoms with Crippen LogP contribution in [0, 0.1) is 0 Å². The van der Waals surface area contributed by atoms with Crippen LogP contribution in [0.2, 0.25) is 5.02 Å². The first-order chi connectivity index (χ1) is 10.6. The molecule has 118 valence electrons. The number of nitrogens with zero attached hydrogens (tertiary/aromatic N) is 3. The summed E-state index contributed by atoms with van der Waals surface area (Å²) in [5.74, 6) is 1.30. The molecule has 6 nitrogen and oxygen atoms in total. The van der Waals surface area contributed by atoms with Crippen LogP contribution in [-0.2, 0) is 23.8 Å². The van der Waals surface area contributed by atoms with Crippen molar-refractivity contribution in [3.05, 3.63) is 29.0 Å². The fraction of sp³-hybridized carbons (Fsp3) is 0.429. The summed E-state index contributed by atoms with van der Waals surface area (Å²) in [4.78, 5) is 0. The molecule has 0 fully saturated rings. The molecule has 22 heavy (non-hydrogen) atoms. The van der Waals surface area contributed by atoms with Crippen LogP contribution >= 0.6 is 11.6 Å². The molecule has 1 aromatic carbocycles. The van der Waals surface area contributed by atoms with Crippen LogP contribution in [0.5, 0.6) is 11.5 Å². The first-order valence-corrected chi connectivity index (χ1v) is 8.88. The van der Waals surface area contributed by atoms with E-state index in [2.05, 4.69) is 10.2 Å². The monoisotopic (exact) mass is 341 g/mol. The van der Waals surface area contributed by atoms with Gasteiger partial charge in [-0.2, -0.15) is 0 Å². The van der Waals surface area contributed by atoms with Crippen LogP contribution in [0.3, 0.4) is 0 Å². The van der Waals surface area contributed by atoms with Gasteiger partial charge >= 0.3 is 0 Å². The molecule has 0 saturated heterocycles. The number of hydrogen-bond donors (Lipinski definition) is 0. The van der Waals surface area contributed by atoms with E-state index in [4.69, 9.17) is 21.1 Å². The van der Waals surface area contributed by atoms with Crippen molar-refractivity contribution in [2.45, 2.75) is 24.5 Å². The van der Waals surface area contributed by atoms with E-state index < -0.39 is 10.8 Å². The fourth-order valence-corrected chi connectivity index (χ4v) is 3.22. The van der Waals surface area contributed by atoms with Crippen LogP contribution in [0.4, 0.5) is 0 Å². The Morgan fingerprint density at radius 1 is 1.36 bits per heavy atom. The molecule has 1 aromatic heterocycles. The van der Waals surface area contributed by atoms with Crippen LogP contribution < -0.4 is 9.47 Å². The standard InChI is InChI=1S/C14H16ClN3O3S/c1-22(19)14-17-16-9-18(14)4-3-10-7-11(15)13-12(8-10)20-5-2-6-21-13/h7-9H,2-6H2,1H3/t22-/m0/s1. The van der Waals surface area contributed by atoms with Crippen LogP contribution in [0.25, 0.3) is 0 Å². The van der Waals surface area contributed by atoms with Gasteiger partial charge in [-0.15, -0.1) is 10.2 Å². The maximum absolute atomic E-state index is 11.6. The molecule has 1 aliphatic rings. The van der Waals surface area contributed by atoms with Crippen molar-refractivity contribution in [1.29, 1.82) is 0 Å². The van der Waals surface area contributed by atoms with Crippen LogP contribution in [-0.4, -0.2) is 38.4 Å². The molecule has 0 bridgehead atoms. The lowest BCUT2D eigenvalue weighted by Gasteiger charge is -2.12.